The molecule has 0 spiro atoms. The van der Waals surface area contributed by atoms with E-state index in [4.69, 9.17) is 10.6 Å². The lowest BCUT2D eigenvalue weighted by Crippen LogP contribution is -2.29. The Kier molecular flexibility index (Phi) is 6.11. The van der Waals surface area contributed by atoms with Crippen molar-refractivity contribution >= 4 is 0 Å². The van der Waals surface area contributed by atoms with E-state index in [0.29, 0.717) is 12.0 Å². The Labute approximate surface area is 104 Å². The topological polar surface area (TPSA) is 47.3 Å². The van der Waals surface area contributed by atoms with Crippen LogP contribution >= 0.6 is 0 Å². The first-order valence-electron chi connectivity index (χ1n) is 5.62. The molecule has 3 N–H and O–H groups in total. The quantitative estimate of drug-likeness (QED) is 0.450. The second-order valence-electron chi connectivity index (χ2n) is 3.97. The van der Waals surface area contributed by atoms with Crippen LogP contribution in [0.2, 0.25) is 0 Å². The van der Waals surface area contributed by atoms with Crippen LogP contribution < -0.4 is 11.3 Å². The SMILES string of the molecule is Cc1ccc(F)cc1C(CCOCC(F)F)NN. The molecule has 0 saturated heterocycles. The van der Waals surface area contributed by atoms with E-state index < -0.39 is 13.0 Å². The van der Waals surface area contributed by atoms with Gasteiger partial charge in [-0.15, -0.1) is 0 Å². The van der Waals surface area contributed by atoms with Crippen molar-refractivity contribution in [3.63, 3.8) is 0 Å². The van der Waals surface area contributed by atoms with Crippen molar-refractivity contribution in [2.75, 3.05) is 13.2 Å². The average Bonchev–Trinajstić information content (AvgIpc) is 2.33. The van der Waals surface area contributed by atoms with E-state index in [0.717, 1.165) is 5.56 Å². The number of nitrogens with one attached hydrogen (secondary N) is 1. The van der Waals surface area contributed by atoms with E-state index >= 15 is 0 Å². The summed E-state index contributed by atoms with van der Waals surface area (Å²) in [5.74, 6) is 5.03. The molecule has 0 amide bonds. The third kappa shape index (κ3) is 4.64. The number of ether oxygens (including phenoxy) is 1. The molecule has 0 aliphatic heterocycles. The number of hydrogen-bond donors (Lipinski definition) is 2. The minimum Gasteiger partial charge on any atom is -0.375 e. The van der Waals surface area contributed by atoms with Crippen LogP contribution in [0.3, 0.4) is 0 Å². The molecule has 3 nitrogen and oxygen atoms in total. The second-order valence-corrected chi connectivity index (χ2v) is 3.97. The Bertz CT molecular complexity index is 374. The number of alkyl halides is 2. The van der Waals surface area contributed by atoms with Gasteiger partial charge >= 0.3 is 0 Å². The van der Waals surface area contributed by atoms with Gasteiger partial charge in [-0.25, -0.2) is 13.2 Å². The summed E-state index contributed by atoms with van der Waals surface area (Å²) < 4.78 is 41.7. The maximum atomic E-state index is 13.1. The highest BCUT2D eigenvalue weighted by Crippen LogP contribution is 2.21. The summed E-state index contributed by atoms with van der Waals surface area (Å²) in [5, 5.41) is 0. The van der Waals surface area contributed by atoms with Crippen molar-refractivity contribution in [3.8, 4) is 0 Å². The van der Waals surface area contributed by atoms with E-state index in [1.165, 1.54) is 12.1 Å². The lowest BCUT2D eigenvalue weighted by molar-refractivity contribution is 0.0143. The molecular weight excluding hydrogens is 245 g/mol. The third-order valence-corrected chi connectivity index (χ3v) is 2.61. The number of hydrazine groups is 1. The van der Waals surface area contributed by atoms with Gasteiger partial charge in [0.05, 0.1) is 0 Å². The Morgan fingerprint density at radius 3 is 2.72 bits per heavy atom. The van der Waals surface area contributed by atoms with Crippen LogP contribution in [0.25, 0.3) is 0 Å². The van der Waals surface area contributed by atoms with E-state index in [1.807, 2.05) is 6.92 Å². The van der Waals surface area contributed by atoms with Crippen molar-refractivity contribution in [2.24, 2.45) is 5.84 Å². The number of nitrogens with two attached hydrogens (primary N) is 1. The van der Waals surface area contributed by atoms with Crippen molar-refractivity contribution < 1.29 is 17.9 Å². The highest BCUT2D eigenvalue weighted by Gasteiger charge is 2.13. The normalized spacial score (nSPS) is 13.0. The predicted octanol–water partition coefficient (Wildman–Crippen LogP) is 2.31. The smallest absolute Gasteiger partial charge is 0.261 e. The molecule has 0 heterocycles. The molecular formula is C12H17F3N2O. The van der Waals surface area contributed by atoms with Crippen molar-refractivity contribution in [1.29, 1.82) is 0 Å². The Hall–Kier alpha value is -1.11. The number of aryl methyl sites for hydroxylation is 1. The van der Waals surface area contributed by atoms with Gasteiger partial charge in [-0.1, -0.05) is 6.07 Å². The molecule has 0 aliphatic rings. The van der Waals surface area contributed by atoms with Crippen LogP contribution in [0.15, 0.2) is 18.2 Å². The Morgan fingerprint density at radius 1 is 1.39 bits per heavy atom. The lowest BCUT2D eigenvalue weighted by Gasteiger charge is -2.18. The van der Waals surface area contributed by atoms with Gasteiger partial charge in [0.1, 0.15) is 12.4 Å². The molecule has 102 valence electrons. The molecule has 0 radical (unpaired) electrons. The van der Waals surface area contributed by atoms with Gasteiger partial charge in [-0.2, -0.15) is 0 Å². The zero-order valence-electron chi connectivity index (χ0n) is 10.1. The number of hydrogen-bond acceptors (Lipinski definition) is 3. The van der Waals surface area contributed by atoms with Gasteiger partial charge in [0, 0.05) is 12.6 Å². The largest absolute Gasteiger partial charge is 0.375 e. The first kappa shape index (κ1) is 14.9. The molecule has 0 bridgehead atoms. The number of benzene rings is 1. The molecule has 0 saturated carbocycles. The summed E-state index contributed by atoms with van der Waals surface area (Å²) in [5.41, 5.74) is 4.13. The number of rotatable bonds is 7. The third-order valence-electron chi connectivity index (χ3n) is 2.61. The second kappa shape index (κ2) is 7.35. The summed E-state index contributed by atoms with van der Waals surface area (Å²) in [7, 11) is 0. The van der Waals surface area contributed by atoms with E-state index in [1.54, 1.807) is 6.07 Å². The van der Waals surface area contributed by atoms with Gasteiger partial charge in [0.25, 0.3) is 6.43 Å². The summed E-state index contributed by atoms with van der Waals surface area (Å²) in [6.45, 7) is 1.37. The molecule has 1 aromatic rings. The standard InChI is InChI=1S/C12H17F3N2O/c1-8-2-3-9(13)6-10(8)11(17-16)4-5-18-7-12(14)15/h2-3,6,11-12,17H,4-5,7,16H2,1H3. The zero-order valence-corrected chi connectivity index (χ0v) is 10.1. The molecule has 1 aromatic carbocycles. The van der Waals surface area contributed by atoms with Crippen molar-refractivity contribution in [3.05, 3.63) is 35.1 Å². The summed E-state index contributed by atoms with van der Waals surface area (Å²) in [4.78, 5) is 0. The first-order valence-corrected chi connectivity index (χ1v) is 5.62. The van der Waals surface area contributed by atoms with Crippen LogP contribution in [0, 0.1) is 12.7 Å². The minimum atomic E-state index is -2.48. The van der Waals surface area contributed by atoms with Crippen molar-refractivity contribution in [2.45, 2.75) is 25.8 Å². The van der Waals surface area contributed by atoms with Gasteiger partial charge in [-0.3, -0.25) is 11.3 Å². The summed E-state index contributed by atoms with van der Waals surface area (Å²) in [6.07, 6.45) is -2.08. The monoisotopic (exact) mass is 262 g/mol. The van der Waals surface area contributed by atoms with Crippen LogP contribution in [-0.2, 0) is 4.74 Å². The lowest BCUT2D eigenvalue weighted by atomic mass is 9.99. The maximum Gasteiger partial charge on any atom is 0.261 e. The molecule has 0 aliphatic carbocycles. The Morgan fingerprint density at radius 2 is 2.11 bits per heavy atom. The van der Waals surface area contributed by atoms with E-state index in [9.17, 15) is 13.2 Å². The molecule has 0 aromatic heterocycles. The van der Waals surface area contributed by atoms with E-state index in [-0.39, 0.29) is 18.5 Å². The molecule has 1 rings (SSSR count). The fourth-order valence-corrected chi connectivity index (χ4v) is 1.69. The van der Waals surface area contributed by atoms with Gasteiger partial charge in [0.2, 0.25) is 0 Å². The minimum absolute atomic E-state index is 0.134. The van der Waals surface area contributed by atoms with Crippen LogP contribution in [0.1, 0.15) is 23.6 Å². The summed E-state index contributed by atoms with van der Waals surface area (Å²) >= 11 is 0. The molecule has 1 atom stereocenters. The van der Waals surface area contributed by atoms with Crippen molar-refractivity contribution in [1.82, 2.24) is 5.43 Å². The van der Waals surface area contributed by atoms with Crippen LogP contribution in [0.5, 0.6) is 0 Å². The number of halogens is 3. The molecule has 0 fully saturated rings. The Balaban J connectivity index is 2.57. The zero-order chi connectivity index (χ0) is 13.5. The van der Waals surface area contributed by atoms with Gasteiger partial charge in [-0.05, 0) is 36.6 Å². The molecule has 18 heavy (non-hydrogen) atoms. The maximum absolute atomic E-state index is 13.1. The first-order chi connectivity index (χ1) is 8.54. The fraction of sp³-hybridized carbons (Fsp3) is 0.500. The van der Waals surface area contributed by atoms with Crippen LogP contribution in [-0.4, -0.2) is 19.6 Å². The summed E-state index contributed by atoms with van der Waals surface area (Å²) in [6, 6.07) is 4.07. The highest BCUT2D eigenvalue weighted by atomic mass is 19.3. The molecule has 1 unspecified atom stereocenters. The van der Waals surface area contributed by atoms with Crippen LogP contribution in [0.4, 0.5) is 13.2 Å². The molecule has 6 heteroatoms. The highest BCUT2D eigenvalue weighted by molar-refractivity contribution is 5.29. The predicted molar refractivity (Wildman–Crippen MR) is 62.6 cm³/mol. The average molecular weight is 262 g/mol. The van der Waals surface area contributed by atoms with Gasteiger partial charge in [0.15, 0.2) is 0 Å². The fourth-order valence-electron chi connectivity index (χ4n) is 1.69. The van der Waals surface area contributed by atoms with Gasteiger partial charge < -0.3 is 4.74 Å². The van der Waals surface area contributed by atoms with E-state index in [2.05, 4.69) is 5.43 Å².